The van der Waals surface area contributed by atoms with Gasteiger partial charge >= 0.3 is 0 Å². The lowest BCUT2D eigenvalue weighted by atomic mass is 10.2. The van der Waals surface area contributed by atoms with Crippen LogP contribution in [0, 0.1) is 42.9 Å². The third kappa shape index (κ3) is 3.15. The molecule has 0 aliphatic heterocycles. The molecule has 1 aromatic carbocycles. The van der Waals surface area contributed by atoms with Crippen molar-refractivity contribution in [1.29, 1.82) is 0 Å². The summed E-state index contributed by atoms with van der Waals surface area (Å²) >= 11 is 2.01. The summed E-state index contributed by atoms with van der Waals surface area (Å²) in [7, 11) is 0. The number of aromatic nitrogens is 3. The molecule has 0 bridgehead atoms. The van der Waals surface area contributed by atoms with Gasteiger partial charge in [0.15, 0.2) is 27.6 Å². The Balaban J connectivity index is 1.85. The van der Waals surface area contributed by atoms with Gasteiger partial charge < -0.3 is 0 Å². The van der Waals surface area contributed by atoms with Gasteiger partial charge in [-0.3, -0.25) is 4.57 Å². The molecule has 25 heavy (non-hydrogen) atoms. The number of benzene rings is 1. The lowest BCUT2D eigenvalue weighted by molar-refractivity contribution is 0.372. The Hall–Kier alpha value is -1.94. The molecular formula is C15H10F5N3S2. The molecule has 132 valence electrons. The number of thioether (sulfide) groups is 1. The summed E-state index contributed by atoms with van der Waals surface area (Å²) < 4.78 is 69.0. The predicted octanol–water partition coefficient (Wildman–Crippen LogP) is 4.93. The highest BCUT2D eigenvalue weighted by atomic mass is 32.2. The zero-order valence-electron chi connectivity index (χ0n) is 12.9. The Labute approximate surface area is 147 Å². The summed E-state index contributed by atoms with van der Waals surface area (Å²) in [5, 5.41) is 8.45. The first-order valence-electron chi connectivity index (χ1n) is 6.93. The first kappa shape index (κ1) is 17.9. The van der Waals surface area contributed by atoms with Crippen LogP contribution in [0.2, 0.25) is 0 Å². The summed E-state index contributed by atoms with van der Waals surface area (Å²) in [6.45, 7) is 3.77. The maximum absolute atomic E-state index is 13.7. The fraction of sp³-hybridized carbons (Fsp3) is 0.200. The van der Waals surface area contributed by atoms with Crippen LogP contribution in [0.3, 0.4) is 0 Å². The number of rotatable bonds is 4. The van der Waals surface area contributed by atoms with E-state index in [1.165, 1.54) is 0 Å². The van der Waals surface area contributed by atoms with Crippen molar-refractivity contribution in [3.63, 3.8) is 0 Å². The summed E-state index contributed by atoms with van der Waals surface area (Å²) in [5.74, 6) is -10.2. The Morgan fingerprint density at radius 3 is 1.96 bits per heavy atom. The summed E-state index contributed by atoms with van der Waals surface area (Å²) in [6.07, 6.45) is 0. The molecule has 0 N–H and O–H groups in total. The molecule has 0 saturated heterocycles. The molecule has 0 spiro atoms. The van der Waals surface area contributed by atoms with Crippen LogP contribution < -0.4 is 0 Å². The van der Waals surface area contributed by atoms with Gasteiger partial charge in [0.05, 0.1) is 0 Å². The zero-order valence-corrected chi connectivity index (χ0v) is 14.5. The number of hydrogen-bond acceptors (Lipinski definition) is 4. The molecule has 3 rings (SSSR count). The molecule has 0 aliphatic rings. The van der Waals surface area contributed by atoms with E-state index in [0.717, 1.165) is 34.5 Å². The second-order valence-corrected chi connectivity index (χ2v) is 7.32. The number of hydrogen-bond donors (Lipinski definition) is 0. The zero-order chi connectivity index (χ0) is 18.3. The molecule has 2 aromatic heterocycles. The largest absolute Gasteiger partial charge is 0.293 e. The highest BCUT2D eigenvalue weighted by molar-refractivity contribution is 8.00. The van der Waals surface area contributed by atoms with Crippen molar-refractivity contribution in [1.82, 2.24) is 14.8 Å². The SMILES string of the molecule is Cc1ccc(C)n1-c1nnc(SCc2c(F)c(F)c(F)c(F)c2F)s1. The van der Waals surface area contributed by atoms with Gasteiger partial charge in [-0.1, -0.05) is 23.1 Å². The Morgan fingerprint density at radius 2 is 1.40 bits per heavy atom. The van der Waals surface area contributed by atoms with E-state index in [4.69, 9.17) is 0 Å². The van der Waals surface area contributed by atoms with Gasteiger partial charge in [0.2, 0.25) is 10.9 Å². The third-order valence-corrected chi connectivity index (χ3v) is 5.57. The van der Waals surface area contributed by atoms with Gasteiger partial charge in [0.25, 0.3) is 0 Å². The molecule has 2 heterocycles. The van der Waals surface area contributed by atoms with Crippen molar-refractivity contribution in [2.24, 2.45) is 0 Å². The van der Waals surface area contributed by atoms with Crippen LogP contribution in [0.25, 0.3) is 5.13 Å². The van der Waals surface area contributed by atoms with Crippen molar-refractivity contribution in [3.8, 4) is 5.13 Å². The molecular weight excluding hydrogens is 381 g/mol. The van der Waals surface area contributed by atoms with Crippen LogP contribution in [0.5, 0.6) is 0 Å². The minimum Gasteiger partial charge on any atom is -0.293 e. The quantitative estimate of drug-likeness (QED) is 0.273. The van der Waals surface area contributed by atoms with Crippen LogP contribution in [0.4, 0.5) is 22.0 Å². The predicted molar refractivity (Wildman–Crippen MR) is 84.5 cm³/mol. The van der Waals surface area contributed by atoms with Crippen molar-refractivity contribution in [2.45, 2.75) is 23.9 Å². The molecule has 0 amide bonds. The Morgan fingerprint density at radius 1 is 0.880 bits per heavy atom. The monoisotopic (exact) mass is 391 g/mol. The first-order chi connectivity index (χ1) is 11.8. The van der Waals surface area contributed by atoms with E-state index in [9.17, 15) is 22.0 Å². The highest BCUT2D eigenvalue weighted by Gasteiger charge is 2.25. The molecule has 0 atom stereocenters. The molecule has 0 radical (unpaired) electrons. The van der Waals surface area contributed by atoms with Gasteiger partial charge in [-0.05, 0) is 26.0 Å². The molecule has 0 aliphatic carbocycles. The van der Waals surface area contributed by atoms with Gasteiger partial charge in [0, 0.05) is 22.7 Å². The van der Waals surface area contributed by atoms with Crippen molar-refractivity contribution >= 4 is 23.1 Å². The van der Waals surface area contributed by atoms with E-state index in [2.05, 4.69) is 10.2 Å². The summed E-state index contributed by atoms with van der Waals surface area (Å²) in [4.78, 5) is 0. The fourth-order valence-corrected chi connectivity index (χ4v) is 4.19. The number of halogens is 5. The minimum absolute atomic E-state index is 0.353. The van der Waals surface area contributed by atoms with Crippen molar-refractivity contribution < 1.29 is 22.0 Å². The highest BCUT2D eigenvalue weighted by Crippen LogP contribution is 2.32. The van der Waals surface area contributed by atoms with E-state index in [0.29, 0.717) is 9.47 Å². The van der Waals surface area contributed by atoms with Crippen LogP contribution in [-0.2, 0) is 5.75 Å². The van der Waals surface area contributed by atoms with Crippen molar-refractivity contribution in [2.75, 3.05) is 0 Å². The maximum atomic E-state index is 13.7. The van der Waals surface area contributed by atoms with Crippen LogP contribution >= 0.6 is 23.1 Å². The molecule has 10 heteroatoms. The molecule has 0 saturated carbocycles. The van der Waals surface area contributed by atoms with E-state index in [1.807, 2.05) is 30.5 Å². The minimum atomic E-state index is -2.17. The normalized spacial score (nSPS) is 11.3. The van der Waals surface area contributed by atoms with Crippen LogP contribution in [0.15, 0.2) is 16.5 Å². The fourth-order valence-electron chi connectivity index (χ4n) is 2.23. The van der Waals surface area contributed by atoms with Gasteiger partial charge in [-0.25, -0.2) is 22.0 Å². The van der Waals surface area contributed by atoms with E-state index < -0.39 is 40.4 Å². The first-order valence-corrected chi connectivity index (χ1v) is 8.73. The Bertz CT molecular complexity index is 903. The molecule has 0 fully saturated rings. The average Bonchev–Trinajstić information content (AvgIpc) is 3.17. The lowest BCUT2D eigenvalue weighted by Gasteiger charge is -2.06. The summed E-state index contributed by atoms with van der Waals surface area (Å²) in [5.41, 5.74) is 0.987. The standard InChI is InChI=1S/C15H10F5N3S2/c1-6-3-4-7(2)23(6)14-21-22-15(25-14)24-5-8-9(16)11(18)13(20)12(19)10(8)17/h3-4H,5H2,1-2H3. The van der Waals surface area contributed by atoms with Gasteiger partial charge in [-0.2, -0.15) is 0 Å². The molecule has 3 nitrogen and oxygen atoms in total. The molecule has 3 aromatic rings. The molecule has 0 unspecified atom stereocenters. The van der Waals surface area contributed by atoms with Gasteiger partial charge in [-0.15, -0.1) is 10.2 Å². The average molecular weight is 391 g/mol. The van der Waals surface area contributed by atoms with Crippen molar-refractivity contribution in [3.05, 3.63) is 58.2 Å². The third-order valence-electron chi connectivity index (χ3n) is 3.50. The van der Waals surface area contributed by atoms with E-state index in [1.54, 1.807) is 0 Å². The number of nitrogens with zero attached hydrogens (tertiary/aromatic N) is 3. The van der Waals surface area contributed by atoms with E-state index >= 15 is 0 Å². The topological polar surface area (TPSA) is 30.7 Å². The van der Waals surface area contributed by atoms with Crippen LogP contribution in [-0.4, -0.2) is 14.8 Å². The van der Waals surface area contributed by atoms with Crippen LogP contribution in [0.1, 0.15) is 17.0 Å². The van der Waals surface area contributed by atoms with Gasteiger partial charge in [0.1, 0.15) is 0 Å². The Kier molecular flexibility index (Phi) is 4.83. The number of aryl methyl sites for hydroxylation is 2. The lowest BCUT2D eigenvalue weighted by Crippen LogP contribution is -2.06. The maximum Gasteiger partial charge on any atom is 0.217 e. The second-order valence-electron chi connectivity index (χ2n) is 5.14. The second kappa shape index (κ2) is 6.75. The van der Waals surface area contributed by atoms with E-state index in [-0.39, 0.29) is 0 Å². The summed E-state index contributed by atoms with van der Waals surface area (Å²) in [6, 6.07) is 3.80. The smallest absolute Gasteiger partial charge is 0.217 e.